The first kappa shape index (κ1) is 14.6. The number of nitrogens with zero attached hydrogens (tertiary/aromatic N) is 1. The number of nitrogens with one attached hydrogen (secondary N) is 1. The zero-order valence-corrected chi connectivity index (χ0v) is 13.0. The molecule has 0 saturated heterocycles. The van der Waals surface area contributed by atoms with Gasteiger partial charge in [-0.1, -0.05) is 12.1 Å². The molecule has 0 heterocycles. The standard InChI is InChI=1S/C14H13IN2O3/c1-20-12-5-2-10(3-6-12)9-16-14-7-4-11(17(18)19)8-13(14)15/h2-8,16H,9H2,1H3. The Balaban J connectivity index is 2.04. The van der Waals surface area contributed by atoms with E-state index in [4.69, 9.17) is 4.74 Å². The number of nitro benzene ring substituents is 1. The summed E-state index contributed by atoms with van der Waals surface area (Å²) in [6.45, 7) is 0.651. The van der Waals surface area contributed by atoms with Crippen molar-refractivity contribution in [3.63, 3.8) is 0 Å². The lowest BCUT2D eigenvalue weighted by molar-refractivity contribution is -0.384. The van der Waals surface area contributed by atoms with Gasteiger partial charge in [-0.25, -0.2) is 0 Å². The highest BCUT2D eigenvalue weighted by molar-refractivity contribution is 14.1. The largest absolute Gasteiger partial charge is 0.497 e. The summed E-state index contributed by atoms with van der Waals surface area (Å²) in [5, 5.41) is 13.9. The predicted molar refractivity (Wildman–Crippen MR) is 86.1 cm³/mol. The minimum absolute atomic E-state index is 0.101. The van der Waals surface area contributed by atoms with Crippen LogP contribution >= 0.6 is 22.6 Å². The van der Waals surface area contributed by atoms with Crippen molar-refractivity contribution in [2.45, 2.75) is 6.54 Å². The Morgan fingerprint density at radius 1 is 1.25 bits per heavy atom. The van der Waals surface area contributed by atoms with Crippen molar-refractivity contribution in [2.75, 3.05) is 12.4 Å². The van der Waals surface area contributed by atoms with Crippen LogP contribution in [0.5, 0.6) is 5.75 Å². The number of rotatable bonds is 5. The Hall–Kier alpha value is -1.83. The number of ether oxygens (including phenoxy) is 1. The summed E-state index contributed by atoms with van der Waals surface area (Å²) < 4.78 is 5.93. The number of benzene rings is 2. The zero-order valence-electron chi connectivity index (χ0n) is 10.8. The van der Waals surface area contributed by atoms with E-state index in [2.05, 4.69) is 27.9 Å². The fourth-order valence-electron chi connectivity index (χ4n) is 1.70. The number of halogens is 1. The third-order valence-electron chi connectivity index (χ3n) is 2.81. The van der Waals surface area contributed by atoms with Crippen LogP contribution in [0.3, 0.4) is 0 Å². The highest BCUT2D eigenvalue weighted by Crippen LogP contribution is 2.24. The Labute approximate surface area is 130 Å². The molecule has 0 aliphatic carbocycles. The quantitative estimate of drug-likeness (QED) is 0.484. The smallest absolute Gasteiger partial charge is 0.270 e. The van der Waals surface area contributed by atoms with Crippen molar-refractivity contribution in [2.24, 2.45) is 0 Å². The van der Waals surface area contributed by atoms with Gasteiger partial charge in [-0.05, 0) is 46.4 Å². The van der Waals surface area contributed by atoms with Crippen LogP contribution in [0.15, 0.2) is 42.5 Å². The van der Waals surface area contributed by atoms with Crippen LogP contribution in [0.25, 0.3) is 0 Å². The van der Waals surface area contributed by atoms with Crippen LogP contribution in [-0.2, 0) is 6.54 Å². The van der Waals surface area contributed by atoms with Crippen molar-refractivity contribution in [1.82, 2.24) is 0 Å². The second-order valence-electron chi connectivity index (χ2n) is 4.12. The Morgan fingerprint density at radius 2 is 1.95 bits per heavy atom. The van der Waals surface area contributed by atoms with Gasteiger partial charge in [0.25, 0.3) is 5.69 Å². The fraction of sp³-hybridized carbons (Fsp3) is 0.143. The molecule has 2 aromatic carbocycles. The lowest BCUT2D eigenvalue weighted by atomic mass is 10.2. The molecule has 104 valence electrons. The maximum absolute atomic E-state index is 10.7. The first-order valence-electron chi connectivity index (χ1n) is 5.91. The van der Waals surface area contributed by atoms with E-state index in [0.717, 1.165) is 20.6 Å². The van der Waals surface area contributed by atoms with E-state index in [1.54, 1.807) is 19.2 Å². The van der Waals surface area contributed by atoms with Crippen LogP contribution in [0.4, 0.5) is 11.4 Å². The molecule has 0 unspecified atom stereocenters. The van der Waals surface area contributed by atoms with Gasteiger partial charge in [0.05, 0.1) is 12.0 Å². The molecule has 0 spiro atoms. The van der Waals surface area contributed by atoms with Gasteiger partial charge in [0.2, 0.25) is 0 Å². The van der Waals surface area contributed by atoms with Crippen LogP contribution < -0.4 is 10.1 Å². The van der Waals surface area contributed by atoms with Gasteiger partial charge < -0.3 is 10.1 Å². The average Bonchev–Trinajstić information content (AvgIpc) is 2.46. The lowest BCUT2D eigenvalue weighted by Gasteiger charge is -2.09. The van der Waals surface area contributed by atoms with Crippen molar-refractivity contribution in [1.29, 1.82) is 0 Å². The average molecular weight is 384 g/mol. The van der Waals surface area contributed by atoms with E-state index in [-0.39, 0.29) is 5.69 Å². The number of nitro groups is 1. The molecule has 0 atom stereocenters. The minimum Gasteiger partial charge on any atom is -0.497 e. The topological polar surface area (TPSA) is 64.4 Å². The minimum atomic E-state index is -0.393. The summed E-state index contributed by atoms with van der Waals surface area (Å²) in [7, 11) is 1.63. The van der Waals surface area contributed by atoms with E-state index in [1.165, 1.54) is 6.07 Å². The summed E-state index contributed by atoms with van der Waals surface area (Å²) >= 11 is 2.09. The first-order valence-corrected chi connectivity index (χ1v) is 6.99. The normalized spacial score (nSPS) is 10.1. The summed E-state index contributed by atoms with van der Waals surface area (Å²) in [6, 6.07) is 12.5. The third-order valence-corrected chi connectivity index (χ3v) is 3.70. The zero-order chi connectivity index (χ0) is 14.5. The number of methoxy groups -OCH3 is 1. The molecule has 1 N–H and O–H groups in total. The Bertz CT molecular complexity index is 614. The van der Waals surface area contributed by atoms with Gasteiger partial charge in [-0.15, -0.1) is 0 Å². The SMILES string of the molecule is COc1ccc(CNc2ccc([N+](=O)[O-])cc2I)cc1. The summed E-state index contributed by atoms with van der Waals surface area (Å²) in [5.41, 5.74) is 2.09. The molecule has 0 saturated carbocycles. The van der Waals surface area contributed by atoms with Gasteiger partial charge in [0.1, 0.15) is 5.75 Å². The molecule has 6 heteroatoms. The van der Waals surface area contributed by atoms with E-state index in [1.807, 2.05) is 24.3 Å². The third kappa shape index (κ3) is 3.60. The number of hydrogen-bond donors (Lipinski definition) is 1. The molecule has 0 aliphatic heterocycles. The lowest BCUT2D eigenvalue weighted by Crippen LogP contribution is -2.01. The van der Waals surface area contributed by atoms with Crippen LogP contribution in [0.2, 0.25) is 0 Å². The van der Waals surface area contributed by atoms with Gasteiger partial charge in [-0.3, -0.25) is 10.1 Å². The summed E-state index contributed by atoms with van der Waals surface area (Å²) in [6.07, 6.45) is 0. The van der Waals surface area contributed by atoms with Gasteiger partial charge in [0, 0.05) is 27.9 Å². The van der Waals surface area contributed by atoms with E-state index >= 15 is 0 Å². The Morgan fingerprint density at radius 3 is 2.50 bits per heavy atom. The maximum Gasteiger partial charge on any atom is 0.270 e. The maximum atomic E-state index is 10.7. The highest BCUT2D eigenvalue weighted by atomic mass is 127. The number of non-ortho nitro benzene ring substituents is 1. The monoisotopic (exact) mass is 384 g/mol. The molecule has 0 bridgehead atoms. The predicted octanol–water partition coefficient (Wildman–Crippen LogP) is 3.82. The first-order chi connectivity index (χ1) is 9.60. The molecular weight excluding hydrogens is 371 g/mol. The van der Waals surface area contributed by atoms with Gasteiger partial charge >= 0.3 is 0 Å². The fourth-order valence-corrected chi connectivity index (χ4v) is 2.39. The summed E-state index contributed by atoms with van der Waals surface area (Å²) in [4.78, 5) is 10.3. The molecule has 5 nitrogen and oxygen atoms in total. The van der Waals surface area contributed by atoms with Crippen LogP contribution in [0, 0.1) is 13.7 Å². The molecule has 2 aromatic rings. The molecule has 0 amide bonds. The molecule has 20 heavy (non-hydrogen) atoms. The second kappa shape index (κ2) is 6.56. The molecule has 0 aromatic heterocycles. The van der Waals surface area contributed by atoms with Crippen molar-refractivity contribution in [3.05, 3.63) is 61.7 Å². The van der Waals surface area contributed by atoms with Crippen LogP contribution in [-0.4, -0.2) is 12.0 Å². The highest BCUT2D eigenvalue weighted by Gasteiger charge is 2.08. The van der Waals surface area contributed by atoms with Crippen molar-refractivity contribution >= 4 is 34.0 Å². The number of anilines is 1. The molecule has 0 fully saturated rings. The van der Waals surface area contributed by atoms with Crippen molar-refractivity contribution < 1.29 is 9.66 Å². The van der Waals surface area contributed by atoms with Crippen LogP contribution in [0.1, 0.15) is 5.56 Å². The molecule has 0 radical (unpaired) electrons. The van der Waals surface area contributed by atoms with E-state index < -0.39 is 4.92 Å². The van der Waals surface area contributed by atoms with Gasteiger partial charge in [-0.2, -0.15) is 0 Å². The van der Waals surface area contributed by atoms with Crippen molar-refractivity contribution in [3.8, 4) is 5.75 Å². The Kier molecular flexibility index (Phi) is 4.78. The van der Waals surface area contributed by atoms with E-state index in [9.17, 15) is 10.1 Å². The molecular formula is C14H13IN2O3. The second-order valence-corrected chi connectivity index (χ2v) is 5.29. The number of hydrogen-bond acceptors (Lipinski definition) is 4. The summed E-state index contributed by atoms with van der Waals surface area (Å²) in [5.74, 6) is 0.818. The molecule has 2 rings (SSSR count). The molecule has 0 aliphatic rings. The van der Waals surface area contributed by atoms with Gasteiger partial charge in [0.15, 0.2) is 0 Å². The van der Waals surface area contributed by atoms with E-state index in [0.29, 0.717) is 6.54 Å².